The van der Waals surface area contributed by atoms with Crippen LogP contribution in [0.15, 0.2) is 30.6 Å². The number of rotatable bonds is 3. The zero-order valence-electron chi connectivity index (χ0n) is 11.8. The molecule has 2 aromatic rings. The van der Waals surface area contributed by atoms with E-state index in [0.717, 1.165) is 11.9 Å². The molecule has 2 rings (SSSR count). The van der Waals surface area contributed by atoms with Gasteiger partial charge >= 0.3 is 11.6 Å². The summed E-state index contributed by atoms with van der Waals surface area (Å²) >= 11 is 5.70. The quantitative estimate of drug-likeness (QED) is 0.484. The molecule has 0 aliphatic carbocycles. The molecule has 6 nitrogen and oxygen atoms in total. The summed E-state index contributed by atoms with van der Waals surface area (Å²) in [7, 11) is 0. The summed E-state index contributed by atoms with van der Waals surface area (Å²) in [5.74, 6) is 0.268. The highest BCUT2D eigenvalue weighted by atomic mass is 35.5. The van der Waals surface area contributed by atoms with E-state index >= 15 is 0 Å². The van der Waals surface area contributed by atoms with Gasteiger partial charge in [0.15, 0.2) is 0 Å². The maximum atomic E-state index is 11.0. The van der Waals surface area contributed by atoms with Gasteiger partial charge < -0.3 is 4.74 Å². The molecule has 0 fully saturated rings. The molecular formula is C14H14ClN3O3. The number of aromatic nitrogens is 2. The van der Waals surface area contributed by atoms with Crippen molar-refractivity contribution in [1.82, 2.24) is 9.97 Å². The van der Waals surface area contributed by atoms with Crippen molar-refractivity contribution >= 4 is 17.3 Å². The Hall–Kier alpha value is -2.21. The molecule has 0 aliphatic heterocycles. The van der Waals surface area contributed by atoms with Crippen LogP contribution in [0, 0.1) is 10.1 Å². The van der Waals surface area contributed by atoms with Crippen LogP contribution in [0.5, 0.6) is 11.6 Å². The third-order valence-corrected chi connectivity index (χ3v) is 3.14. The summed E-state index contributed by atoms with van der Waals surface area (Å²) in [6, 6.07) is 7.29. The molecule has 110 valence electrons. The molecule has 0 saturated heterocycles. The van der Waals surface area contributed by atoms with Gasteiger partial charge in [-0.2, -0.15) is 4.98 Å². The van der Waals surface area contributed by atoms with Gasteiger partial charge in [-0.1, -0.05) is 44.5 Å². The van der Waals surface area contributed by atoms with E-state index in [-0.39, 0.29) is 16.4 Å². The number of hydrogen-bond acceptors (Lipinski definition) is 5. The molecule has 1 aromatic carbocycles. The highest BCUT2D eigenvalue weighted by Gasteiger charge is 2.23. The van der Waals surface area contributed by atoms with Crippen LogP contribution in [0.4, 0.5) is 5.69 Å². The number of benzene rings is 1. The van der Waals surface area contributed by atoms with E-state index in [2.05, 4.69) is 30.7 Å². The lowest BCUT2D eigenvalue weighted by atomic mass is 9.87. The maximum Gasteiger partial charge on any atom is 0.368 e. The first-order valence-corrected chi connectivity index (χ1v) is 6.60. The molecule has 1 aromatic heterocycles. The van der Waals surface area contributed by atoms with Crippen molar-refractivity contribution in [1.29, 1.82) is 0 Å². The Kier molecular flexibility index (Phi) is 4.09. The predicted octanol–water partition coefficient (Wildman–Crippen LogP) is 4.13. The van der Waals surface area contributed by atoms with Crippen LogP contribution in [-0.4, -0.2) is 14.9 Å². The zero-order chi connectivity index (χ0) is 15.6. The first-order chi connectivity index (χ1) is 9.79. The van der Waals surface area contributed by atoms with Crippen LogP contribution in [0.2, 0.25) is 5.15 Å². The van der Waals surface area contributed by atoms with Crippen molar-refractivity contribution in [3.05, 3.63) is 51.4 Å². The van der Waals surface area contributed by atoms with E-state index in [1.54, 1.807) is 12.1 Å². The number of hydrogen-bond donors (Lipinski definition) is 0. The second-order valence-electron chi connectivity index (χ2n) is 5.45. The average molecular weight is 308 g/mol. The Bertz CT molecular complexity index is 666. The van der Waals surface area contributed by atoms with Crippen molar-refractivity contribution in [2.75, 3.05) is 0 Å². The molecule has 1 heterocycles. The fourth-order valence-electron chi connectivity index (χ4n) is 1.71. The van der Waals surface area contributed by atoms with Gasteiger partial charge in [0, 0.05) is 0 Å². The number of nitrogens with zero attached hydrogens (tertiary/aromatic N) is 3. The largest absolute Gasteiger partial charge is 0.434 e. The lowest BCUT2D eigenvalue weighted by Crippen LogP contribution is -2.10. The van der Waals surface area contributed by atoms with Crippen molar-refractivity contribution in [3.63, 3.8) is 0 Å². The van der Waals surface area contributed by atoms with Crippen LogP contribution < -0.4 is 4.74 Å². The second-order valence-corrected chi connectivity index (χ2v) is 5.81. The van der Waals surface area contributed by atoms with Crippen molar-refractivity contribution in [2.24, 2.45) is 0 Å². The summed E-state index contributed by atoms with van der Waals surface area (Å²) in [6.45, 7) is 6.29. The van der Waals surface area contributed by atoms with Gasteiger partial charge in [-0.15, -0.1) is 0 Å². The van der Waals surface area contributed by atoms with Crippen molar-refractivity contribution in [2.45, 2.75) is 26.2 Å². The Balaban J connectivity index is 2.31. The summed E-state index contributed by atoms with van der Waals surface area (Å²) in [5.41, 5.74) is 0.701. The molecular weight excluding hydrogens is 294 g/mol. The highest BCUT2D eigenvalue weighted by molar-refractivity contribution is 6.31. The minimum atomic E-state index is -0.665. The fourth-order valence-corrected chi connectivity index (χ4v) is 1.90. The minimum absolute atomic E-state index is 0.0166. The van der Waals surface area contributed by atoms with Crippen LogP contribution in [0.1, 0.15) is 26.3 Å². The Labute approximate surface area is 126 Å². The van der Waals surface area contributed by atoms with E-state index in [1.807, 2.05) is 12.1 Å². The van der Waals surface area contributed by atoms with Gasteiger partial charge in [0.1, 0.15) is 12.1 Å². The highest BCUT2D eigenvalue weighted by Crippen LogP contribution is 2.34. The second kappa shape index (κ2) is 5.65. The summed E-state index contributed by atoms with van der Waals surface area (Å²) in [4.78, 5) is 17.7. The number of halogens is 1. The Morgan fingerprint density at radius 1 is 1.19 bits per heavy atom. The molecule has 0 spiro atoms. The Morgan fingerprint density at radius 3 is 2.33 bits per heavy atom. The van der Waals surface area contributed by atoms with E-state index in [1.165, 1.54) is 0 Å². The predicted molar refractivity (Wildman–Crippen MR) is 78.9 cm³/mol. The summed E-state index contributed by atoms with van der Waals surface area (Å²) in [6.07, 6.45) is 1.12. The first kappa shape index (κ1) is 15.2. The van der Waals surface area contributed by atoms with Crippen molar-refractivity contribution < 1.29 is 9.66 Å². The van der Waals surface area contributed by atoms with Crippen molar-refractivity contribution in [3.8, 4) is 11.6 Å². The molecule has 21 heavy (non-hydrogen) atoms. The molecule has 0 radical (unpaired) electrons. The van der Waals surface area contributed by atoms with Crippen LogP contribution >= 0.6 is 11.6 Å². The van der Waals surface area contributed by atoms with E-state index in [0.29, 0.717) is 5.75 Å². The minimum Gasteiger partial charge on any atom is -0.434 e. The molecule has 0 atom stereocenters. The van der Waals surface area contributed by atoms with Crippen LogP contribution in [-0.2, 0) is 5.41 Å². The zero-order valence-corrected chi connectivity index (χ0v) is 12.6. The molecule has 0 aliphatic rings. The topological polar surface area (TPSA) is 78.2 Å². The number of nitro groups is 1. The molecule has 0 bridgehead atoms. The van der Waals surface area contributed by atoms with Crippen LogP contribution in [0.25, 0.3) is 0 Å². The lowest BCUT2D eigenvalue weighted by molar-refractivity contribution is -0.386. The SMILES string of the molecule is CC(C)(C)c1ccc(Oc2ncnc(Cl)c2[N+](=O)[O-])cc1. The first-order valence-electron chi connectivity index (χ1n) is 6.22. The smallest absolute Gasteiger partial charge is 0.368 e. The molecule has 7 heteroatoms. The van der Waals surface area contributed by atoms with E-state index < -0.39 is 10.6 Å². The maximum absolute atomic E-state index is 11.0. The fraction of sp³-hybridized carbons (Fsp3) is 0.286. The monoisotopic (exact) mass is 307 g/mol. The molecule has 0 unspecified atom stereocenters. The van der Waals surface area contributed by atoms with Gasteiger partial charge in [0.2, 0.25) is 5.15 Å². The molecule has 0 N–H and O–H groups in total. The van der Waals surface area contributed by atoms with Gasteiger partial charge in [-0.3, -0.25) is 10.1 Å². The summed E-state index contributed by atoms with van der Waals surface area (Å²) in [5, 5.41) is 10.7. The van der Waals surface area contributed by atoms with Gasteiger partial charge in [0.05, 0.1) is 4.92 Å². The van der Waals surface area contributed by atoms with Gasteiger partial charge in [-0.25, -0.2) is 4.98 Å². The Morgan fingerprint density at radius 2 is 1.81 bits per heavy atom. The molecule has 0 saturated carbocycles. The standard InChI is InChI=1S/C14H14ClN3O3/c1-14(2,3)9-4-6-10(7-5-9)21-13-11(18(19)20)12(15)16-8-17-13/h4-8H,1-3H3. The van der Waals surface area contributed by atoms with Gasteiger partial charge in [0.25, 0.3) is 0 Å². The summed E-state index contributed by atoms with van der Waals surface area (Å²) < 4.78 is 5.44. The third kappa shape index (κ3) is 3.46. The average Bonchev–Trinajstić information content (AvgIpc) is 2.38. The normalized spacial score (nSPS) is 11.2. The third-order valence-electron chi connectivity index (χ3n) is 2.86. The van der Waals surface area contributed by atoms with E-state index in [4.69, 9.17) is 16.3 Å². The van der Waals surface area contributed by atoms with Gasteiger partial charge in [-0.05, 0) is 23.1 Å². The van der Waals surface area contributed by atoms with E-state index in [9.17, 15) is 10.1 Å². The van der Waals surface area contributed by atoms with Crippen LogP contribution in [0.3, 0.4) is 0 Å². The number of ether oxygens (including phenoxy) is 1. The molecule has 0 amide bonds. The lowest BCUT2D eigenvalue weighted by Gasteiger charge is -2.19.